The number of oxazole rings is 2. The van der Waals surface area contributed by atoms with E-state index in [0.717, 1.165) is 35.3 Å². The molecule has 4 heterocycles. The van der Waals surface area contributed by atoms with E-state index in [2.05, 4.69) is 82.0 Å². The lowest BCUT2D eigenvalue weighted by atomic mass is 10.1. The van der Waals surface area contributed by atoms with Gasteiger partial charge in [-0.15, -0.1) is 0 Å². The Morgan fingerprint density at radius 2 is 1.00 bits per heavy atom. The Morgan fingerprint density at radius 3 is 1.40 bits per heavy atom. The van der Waals surface area contributed by atoms with E-state index in [1.54, 1.807) is 0 Å². The van der Waals surface area contributed by atoms with E-state index in [1.165, 1.54) is 22.3 Å². The van der Waals surface area contributed by atoms with Gasteiger partial charge in [0.15, 0.2) is 49.0 Å². The number of pyridine rings is 2. The van der Waals surface area contributed by atoms with Crippen LogP contribution in [0.4, 0.5) is 0 Å². The Labute approximate surface area is 245 Å². The minimum absolute atomic E-state index is 0. The van der Waals surface area contributed by atoms with E-state index in [1.807, 2.05) is 60.7 Å². The number of benzene rings is 2. The van der Waals surface area contributed by atoms with Crippen LogP contribution >= 0.6 is 0 Å². The molecule has 0 unspecified atom stereocenters. The Morgan fingerprint density at radius 1 is 0.600 bits per heavy atom. The maximum absolute atomic E-state index is 5.99. The summed E-state index contributed by atoms with van der Waals surface area (Å²) in [6.45, 7) is 5.79. The van der Waals surface area contributed by atoms with Gasteiger partial charge in [0, 0.05) is 47.5 Å². The lowest BCUT2D eigenvalue weighted by Crippen LogP contribution is -3.00. The zero-order valence-electron chi connectivity index (χ0n) is 22.2. The highest BCUT2D eigenvalue weighted by atomic mass is 35.5. The number of aromatic nitrogens is 4. The summed E-state index contributed by atoms with van der Waals surface area (Å²) in [5.74, 6) is 1.12. The molecule has 8 heteroatoms. The molecule has 0 aliphatic heterocycles. The van der Waals surface area contributed by atoms with Gasteiger partial charge in [-0.25, -0.2) is 19.1 Å². The summed E-state index contributed by atoms with van der Waals surface area (Å²) in [6.07, 6.45) is 15.7. The summed E-state index contributed by atoms with van der Waals surface area (Å²) in [4.78, 5) is 9.24. The summed E-state index contributed by atoms with van der Waals surface area (Å²) in [5.41, 5.74) is 8.06. The lowest BCUT2D eigenvalue weighted by molar-refractivity contribution is -0.688. The van der Waals surface area contributed by atoms with Gasteiger partial charge < -0.3 is 33.6 Å². The van der Waals surface area contributed by atoms with Crippen LogP contribution in [0.15, 0.2) is 106 Å². The molecule has 40 heavy (non-hydrogen) atoms. The molecule has 4 aromatic heterocycles. The number of aryl methyl sites for hydroxylation is 2. The molecule has 6 aromatic rings. The van der Waals surface area contributed by atoms with Gasteiger partial charge in [0.2, 0.25) is 11.8 Å². The molecule has 0 aliphatic rings. The molecule has 0 atom stereocenters. The third-order valence-electron chi connectivity index (χ3n) is 6.57. The van der Waals surface area contributed by atoms with Crippen molar-refractivity contribution in [3.05, 3.63) is 132 Å². The predicted molar refractivity (Wildman–Crippen MR) is 147 cm³/mol. The van der Waals surface area contributed by atoms with Crippen molar-refractivity contribution in [2.75, 3.05) is 0 Å². The minimum atomic E-state index is 0. The summed E-state index contributed by atoms with van der Waals surface area (Å²) in [5, 5.41) is 0. The third kappa shape index (κ3) is 6.47. The second-order valence-electron chi connectivity index (χ2n) is 9.41. The van der Waals surface area contributed by atoms with Gasteiger partial charge in [-0.3, -0.25) is 0 Å². The normalized spacial score (nSPS) is 11.3. The zero-order valence-corrected chi connectivity index (χ0v) is 23.7. The van der Waals surface area contributed by atoms with Crippen molar-refractivity contribution >= 4 is 34.4 Å². The number of hydrogen-bond donors (Lipinski definition) is 0. The fourth-order valence-corrected chi connectivity index (χ4v) is 4.51. The average Bonchev–Trinajstić information content (AvgIpc) is 3.50. The number of halogens is 2. The summed E-state index contributed by atoms with van der Waals surface area (Å²) in [7, 11) is 0. The molecule has 6 rings (SSSR count). The van der Waals surface area contributed by atoms with Gasteiger partial charge in [-0.2, -0.15) is 0 Å². The average molecular weight is 572 g/mol. The molecule has 0 N–H and O–H groups in total. The Balaban J connectivity index is 0.00000185. The number of hydrogen-bond acceptors (Lipinski definition) is 4. The smallest absolute Gasteiger partial charge is 0.219 e. The van der Waals surface area contributed by atoms with E-state index in [4.69, 9.17) is 8.83 Å². The molecule has 0 aliphatic carbocycles. The maximum Gasteiger partial charge on any atom is 0.219 e. The quantitative estimate of drug-likeness (QED) is 0.200. The van der Waals surface area contributed by atoms with Crippen molar-refractivity contribution in [3.63, 3.8) is 0 Å². The van der Waals surface area contributed by atoms with Crippen molar-refractivity contribution in [2.24, 2.45) is 0 Å². The highest BCUT2D eigenvalue weighted by molar-refractivity contribution is 5.77. The van der Waals surface area contributed by atoms with Gasteiger partial charge in [0.25, 0.3) is 0 Å². The van der Waals surface area contributed by atoms with E-state index >= 15 is 0 Å². The zero-order chi connectivity index (χ0) is 25.9. The highest BCUT2D eigenvalue weighted by Crippen LogP contribution is 2.23. The highest BCUT2D eigenvalue weighted by Gasteiger charge is 2.12. The van der Waals surface area contributed by atoms with Crippen LogP contribution in [0.5, 0.6) is 0 Å². The number of rotatable bonds is 7. The lowest BCUT2D eigenvalue weighted by Gasteiger charge is -2.02. The van der Waals surface area contributed by atoms with Crippen LogP contribution in [0.25, 0.3) is 34.4 Å². The molecule has 2 aromatic carbocycles. The second-order valence-corrected chi connectivity index (χ2v) is 9.41. The van der Waals surface area contributed by atoms with Crippen LogP contribution in [-0.2, 0) is 13.1 Å². The topological polar surface area (TPSA) is 59.8 Å². The van der Waals surface area contributed by atoms with Crippen molar-refractivity contribution in [2.45, 2.75) is 26.9 Å². The van der Waals surface area contributed by atoms with Gasteiger partial charge in [0.1, 0.15) is 11.0 Å². The van der Waals surface area contributed by atoms with Gasteiger partial charge in [0.05, 0.1) is 0 Å². The molecular formula is C32H28Cl2N4O2. The third-order valence-corrected chi connectivity index (χ3v) is 6.57. The molecule has 0 saturated carbocycles. The molecule has 6 nitrogen and oxygen atoms in total. The maximum atomic E-state index is 5.99. The van der Waals surface area contributed by atoms with E-state index in [0.29, 0.717) is 11.8 Å². The number of fused-ring (bicyclic) bond motifs is 2. The van der Waals surface area contributed by atoms with E-state index in [9.17, 15) is 0 Å². The summed E-state index contributed by atoms with van der Waals surface area (Å²) >= 11 is 0. The standard InChI is InChI=1S/C32H28N4O2.2ClH/c1-23-17-27-29(19-25(23)21-35-13-7-3-8-14-35)37-31(33-27)11-5-6-12-32-34-28-18-24(2)26(20-30(28)38-32)22-36-15-9-4-10-16-36;;/h3-20H,21-22H2,1-2H3;2*1H/q+2;;/p-2. The summed E-state index contributed by atoms with van der Waals surface area (Å²) < 4.78 is 16.3. The van der Waals surface area contributed by atoms with Crippen LogP contribution in [0.1, 0.15) is 34.0 Å². The van der Waals surface area contributed by atoms with Gasteiger partial charge in [-0.1, -0.05) is 24.3 Å². The van der Waals surface area contributed by atoms with Crippen LogP contribution in [0, 0.1) is 13.8 Å². The largest absolute Gasteiger partial charge is 1.00 e. The first-order valence-electron chi connectivity index (χ1n) is 12.6. The number of allylic oxidation sites excluding steroid dienone is 2. The first-order chi connectivity index (χ1) is 18.6. The fraction of sp³-hybridized carbons (Fsp3) is 0.125. The Bertz CT molecular complexity index is 1660. The Hall–Kier alpha value is -4.26. The van der Waals surface area contributed by atoms with Crippen LogP contribution < -0.4 is 33.9 Å². The molecule has 0 saturated heterocycles. The Kier molecular flexibility index (Phi) is 9.15. The molecule has 0 bridgehead atoms. The van der Waals surface area contributed by atoms with Gasteiger partial charge >= 0.3 is 0 Å². The summed E-state index contributed by atoms with van der Waals surface area (Å²) in [6, 6.07) is 20.5. The second kappa shape index (κ2) is 12.7. The van der Waals surface area contributed by atoms with Gasteiger partial charge in [-0.05, 0) is 49.2 Å². The molecule has 202 valence electrons. The first-order valence-corrected chi connectivity index (χ1v) is 12.6. The molecule has 0 fully saturated rings. The van der Waals surface area contributed by atoms with Crippen molar-refractivity contribution in [1.82, 2.24) is 9.97 Å². The molecule has 0 amide bonds. The van der Waals surface area contributed by atoms with Crippen molar-refractivity contribution < 1.29 is 42.8 Å². The monoisotopic (exact) mass is 570 g/mol. The predicted octanol–water partition coefficient (Wildman–Crippen LogP) is -0.00796. The molecule has 0 radical (unpaired) electrons. The van der Waals surface area contributed by atoms with Crippen LogP contribution in [-0.4, -0.2) is 9.97 Å². The van der Waals surface area contributed by atoms with Crippen LogP contribution in [0.3, 0.4) is 0 Å². The first kappa shape index (κ1) is 28.7. The fourth-order valence-electron chi connectivity index (χ4n) is 4.51. The number of nitrogens with zero attached hydrogens (tertiary/aromatic N) is 4. The minimum Gasteiger partial charge on any atom is -1.00 e. The van der Waals surface area contributed by atoms with Crippen molar-refractivity contribution in [1.29, 1.82) is 0 Å². The van der Waals surface area contributed by atoms with Crippen LogP contribution in [0.2, 0.25) is 0 Å². The van der Waals surface area contributed by atoms with E-state index in [-0.39, 0.29) is 24.8 Å². The SMILES string of the molecule is Cc1cc2nc(C=CC=Cc3nc4cc(C)c(C[n+]5ccccc5)cc4o3)oc2cc1C[n+]1ccccc1.[Cl-].[Cl-]. The van der Waals surface area contributed by atoms with E-state index < -0.39 is 0 Å². The molecule has 0 spiro atoms. The molecular weight excluding hydrogens is 543 g/mol. The van der Waals surface area contributed by atoms with Crippen molar-refractivity contribution in [3.8, 4) is 0 Å².